The maximum atomic E-state index is 5.29. The lowest BCUT2D eigenvalue weighted by atomic mass is 10.1. The van der Waals surface area contributed by atoms with E-state index in [4.69, 9.17) is 4.74 Å². The van der Waals surface area contributed by atoms with Crippen LogP contribution in [-0.4, -0.2) is 17.1 Å². The minimum absolute atomic E-state index is 0.713. The van der Waals surface area contributed by atoms with Crippen LogP contribution in [0.15, 0.2) is 12.3 Å². The Labute approximate surface area is 94.8 Å². The normalized spacial score (nSPS) is 15.8. The van der Waals surface area contributed by atoms with Gasteiger partial charge in [0, 0.05) is 17.3 Å². The number of rotatable bonds is 1. The average molecular weight is 216 g/mol. The summed E-state index contributed by atoms with van der Waals surface area (Å²) in [7, 11) is 1.67. The first-order valence-electron chi connectivity index (χ1n) is 5.92. The number of methoxy groups -OCH3 is 1. The number of hydrogen-bond donors (Lipinski definition) is 1. The molecule has 0 fully saturated rings. The van der Waals surface area contributed by atoms with Crippen LogP contribution in [0.2, 0.25) is 0 Å². The van der Waals surface area contributed by atoms with Crippen molar-refractivity contribution in [1.82, 2.24) is 9.97 Å². The van der Waals surface area contributed by atoms with Gasteiger partial charge >= 0.3 is 0 Å². The Kier molecular flexibility index (Phi) is 2.31. The van der Waals surface area contributed by atoms with E-state index in [0.717, 1.165) is 11.9 Å². The molecule has 0 saturated carbocycles. The van der Waals surface area contributed by atoms with Crippen LogP contribution < -0.4 is 4.74 Å². The number of aromatic amines is 1. The summed E-state index contributed by atoms with van der Waals surface area (Å²) in [6.07, 6.45) is 8.10. The Hall–Kier alpha value is -1.51. The van der Waals surface area contributed by atoms with Crippen molar-refractivity contribution in [1.29, 1.82) is 0 Å². The lowest BCUT2D eigenvalue weighted by Crippen LogP contribution is -1.88. The van der Waals surface area contributed by atoms with Crippen molar-refractivity contribution in [2.45, 2.75) is 32.1 Å². The third kappa shape index (κ3) is 1.39. The molecule has 0 atom stereocenters. The SMILES string of the molecule is COc1nccc2c3c([nH]c12)CCCCC3. The van der Waals surface area contributed by atoms with Gasteiger partial charge in [0.2, 0.25) is 5.88 Å². The molecular weight excluding hydrogens is 200 g/mol. The predicted octanol–water partition coefficient (Wildman–Crippen LogP) is 2.84. The number of ether oxygens (including phenoxy) is 1. The molecule has 0 bridgehead atoms. The Balaban J connectivity index is 2.24. The standard InChI is InChI=1S/C13H16N2O/c1-16-13-12-10(7-8-14-13)9-5-3-2-4-6-11(9)15-12/h7-8,15H,2-6H2,1H3. The molecule has 0 radical (unpaired) electrons. The van der Waals surface area contributed by atoms with Crippen LogP contribution in [-0.2, 0) is 12.8 Å². The van der Waals surface area contributed by atoms with Crippen molar-refractivity contribution in [3.63, 3.8) is 0 Å². The summed E-state index contributed by atoms with van der Waals surface area (Å²) in [5.41, 5.74) is 3.93. The highest BCUT2D eigenvalue weighted by Crippen LogP contribution is 2.31. The molecule has 0 aliphatic heterocycles. The fourth-order valence-corrected chi connectivity index (χ4v) is 2.64. The van der Waals surface area contributed by atoms with Crippen molar-refractivity contribution in [2.75, 3.05) is 7.11 Å². The highest BCUT2D eigenvalue weighted by Gasteiger charge is 2.16. The number of aryl methyl sites for hydroxylation is 2. The van der Waals surface area contributed by atoms with Gasteiger partial charge in [0.1, 0.15) is 5.52 Å². The molecule has 3 heteroatoms. The van der Waals surface area contributed by atoms with Gasteiger partial charge in [-0.25, -0.2) is 4.98 Å². The number of aromatic nitrogens is 2. The molecule has 0 saturated heterocycles. The number of hydrogen-bond acceptors (Lipinski definition) is 2. The Morgan fingerprint density at radius 1 is 1.25 bits per heavy atom. The smallest absolute Gasteiger partial charge is 0.238 e. The third-order valence-corrected chi connectivity index (χ3v) is 3.43. The van der Waals surface area contributed by atoms with Crippen LogP contribution in [0.25, 0.3) is 10.9 Å². The van der Waals surface area contributed by atoms with Gasteiger partial charge in [0.25, 0.3) is 0 Å². The zero-order valence-electron chi connectivity index (χ0n) is 9.55. The number of pyridine rings is 1. The van der Waals surface area contributed by atoms with Crippen LogP contribution in [0.1, 0.15) is 30.5 Å². The molecule has 3 nitrogen and oxygen atoms in total. The first kappa shape index (κ1) is 9.70. The quantitative estimate of drug-likeness (QED) is 0.744. The van der Waals surface area contributed by atoms with E-state index in [9.17, 15) is 0 Å². The maximum Gasteiger partial charge on any atom is 0.238 e. The highest BCUT2D eigenvalue weighted by molar-refractivity contribution is 5.88. The number of H-pyrrole nitrogens is 1. The molecule has 0 amide bonds. The van der Waals surface area contributed by atoms with Crippen LogP contribution >= 0.6 is 0 Å². The molecule has 2 heterocycles. The lowest BCUT2D eigenvalue weighted by Gasteiger charge is -2.00. The van der Waals surface area contributed by atoms with Gasteiger partial charge in [-0.3, -0.25) is 0 Å². The molecule has 84 valence electrons. The fourth-order valence-electron chi connectivity index (χ4n) is 2.64. The second-order valence-electron chi connectivity index (χ2n) is 4.39. The van der Waals surface area contributed by atoms with Crippen molar-refractivity contribution in [2.24, 2.45) is 0 Å². The Morgan fingerprint density at radius 2 is 2.12 bits per heavy atom. The summed E-state index contributed by atoms with van der Waals surface area (Å²) in [4.78, 5) is 7.73. The van der Waals surface area contributed by atoms with E-state index in [0.29, 0.717) is 5.88 Å². The Morgan fingerprint density at radius 3 is 3.00 bits per heavy atom. The first-order chi connectivity index (χ1) is 7.90. The minimum atomic E-state index is 0.713. The van der Waals surface area contributed by atoms with Gasteiger partial charge in [-0.2, -0.15) is 0 Å². The summed E-state index contributed by atoms with van der Waals surface area (Å²) in [6.45, 7) is 0. The molecule has 0 aromatic carbocycles. The monoisotopic (exact) mass is 216 g/mol. The highest BCUT2D eigenvalue weighted by atomic mass is 16.5. The summed E-state index contributed by atoms with van der Waals surface area (Å²) in [6, 6.07) is 2.10. The van der Waals surface area contributed by atoms with Gasteiger partial charge in [-0.15, -0.1) is 0 Å². The van der Waals surface area contributed by atoms with E-state index < -0.39 is 0 Å². The van der Waals surface area contributed by atoms with E-state index in [1.165, 1.54) is 42.3 Å². The van der Waals surface area contributed by atoms with Crippen LogP contribution in [0.5, 0.6) is 5.88 Å². The number of fused-ring (bicyclic) bond motifs is 3. The van der Waals surface area contributed by atoms with E-state index in [1.54, 1.807) is 7.11 Å². The van der Waals surface area contributed by atoms with Crippen molar-refractivity contribution in [3.05, 3.63) is 23.5 Å². The van der Waals surface area contributed by atoms with E-state index >= 15 is 0 Å². The van der Waals surface area contributed by atoms with Crippen LogP contribution in [0.3, 0.4) is 0 Å². The van der Waals surface area contributed by atoms with Crippen molar-refractivity contribution >= 4 is 10.9 Å². The molecule has 1 aliphatic rings. The molecule has 1 N–H and O–H groups in total. The van der Waals surface area contributed by atoms with E-state index in [-0.39, 0.29) is 0 Å². The molecule has 0 spiro atoms. The third-order valence-electron chi connectivity index (χ3n) is 3.43. The molecule has 3 rings (SSSR count). The Bertz CT molecular complexity index is 516. The largest absolute Gasteiger partial charge is 0.479 e. The van der Waals surface area contributed by atoms with Gasteiger partial charge < -0.3 is 9.72 Å². The molecule has 0 unspecified atom stereocenters. The molecule has 16 heavy (non-hydrogen) atoms. The molecule has 1 aliphatic carbocycles. The van der Waals surface area contributed by atoms with E-state index in [1.807, 2.05) is 6.20 Å². The van der Waals surface area contributed by atoms with Gasteiger partial charge in [-0.05, 0) is 37.3 Å². The average Bonchev–Trinajstić information content (AvgIpc) is 2.52. The zero-order valence-corrected chi connectivity index (χ0v) is 9.55. The summed E-state index contributed by atoms with van der Waals surface area (Å²) < 4.78 is 5.29. The second kappa shape index (κ2) is 3.81. The molecular formula is C13H16N2O. The van der Waals surface area contributed by atoms with Gasteiger partial charge in [0.05, 0.1) is 7.11 Å². The van der Waals surface area contributed by atoms with Gasteiger partial charge in [0.15, 0.2) is 0 Å². The van der Waals surface area contributed by atoms with Crippen LogP contribution in [0, 0.1) is 0 Å². The van der Waals surface area contributed by atoms with Crippen LogP contribution in [0.4, 0.5) is 0 Å². The first-order valence-corrected chi connectivity index (χ1v) is 5.92. The minimum Gasteiger partial charge on any atom is -0.479 e. The summed E-state index contributed by atoms with van der Waals surface area (Å²) >= 11 is 0. The molecule has 2 aromatic heterocycles. The number of nitrogens with zero attached hydrogens (tertiary/aromatic N) is 1. The predicted molar refractivity (Wildman–Crippen MR) is 63.9 cm³/mol. The van der Waals surface area contributed by atoms with Crippen molar-refractivity contribution in [3.8, 4) is 5.88 Å². The van der Waals surface area contributed by atoms with E-state index in [2.05, 4.69) is 16.0 Å². The maximum absolute atomic E-state index is 5.29. The topological polar surface area (TPSA) is 37.9 Å². The van der Waals surface area contributed by atoms with Gasteiger partial charge in [-0.1, -0.05) is 6.42 Å². The lowest BCUT2D eigenvalue weighted by molar-refractivity contribution is 0.402. The summed E-state index contributed by atoms with van der Waals surface area (Å²) in [5, 5.41) is 1.30. The zero-order chi connectivity index (χ0) is 11.0. The fraction of sp³-hybridized carbons (Fsp3) is 0.462. The second-order valence-corrected chi connectivity index (χ2v) is 4.39. The molecule has 2 aromatic rings. The van der Waals surface area contributed by atoms with Crippen molar-refractivity contribution < 1.29 is 4.74 Å². The number of nitrogens with one attached hydrogen (secondary N) is 1. The summed E-state index contributed by atoms with van der Waals surface area (Å²) in [5.74, 6) is 0.713.